The van der Waals surface area contributed by atoms with Gasteiger partial charge in [-0.25, -0.2) is 0 Å². The van der Waals surface area contributed by atoms with Crippen molar-refractivity contribution in [1.29, 1.82) is 0 Å². The van der Waals surface area contributed by atoms with Crippen LogP contribution in [0.1, 0.15) is 53.0 Å². The second kappa shape index (κ2) is 16.5. The number of hydrogen-bond acceptors (Lipinski definition) is 0. The van der Waals surface area contributed by atoms with E-state index in [0.717, 1.165) is 12.8 Å². The van der Waals surface area contributed by atoms with E-state index < -0.39 is 0 Å². The Morgan fingerprint density at radius 3 is 1.96 bits per heavy atom. The summed E-state index contributed by atoms with van der Waals surface area (Å²) in [5.41, 5.74) is 13.2. The minimum Gasteiger partial charge on any atom is -0.0984 e. The summed E-state index contributed by atoms with van der Waals surface area (Å²) in [6, 6.07) is 42.4. The molecule has 0 aliphatic heterocycles. The predicted molar refractivity (Wildman–Crippen MR) is 250 cm³/mol. The van der Waals surface area contributed by atoms with Crippen molar-refractivity contribution in [1.82, 2.24) is 0 Å². The Kier molecular flexibility index (Phi) is 10.9. The molecule has 0 aromatic heterocycles. The van der Waals surface area contributed by atoms with Crippen LogP contribution in [0.15, 0.2) is 204 Å². The van der Waals surface area contributed by atoms with Crippen molar-refractivity contribution in [3.05, 3.63) is 220 Å². The molecule has 0 heterocycles. The van der Waals surface area contributed by atoms with Crippen molar-refractivity contribution >= 4 is 49.5 Å². The lowest BCUT2D eigenvalue weighted by Crippen LogP contribution is -2.27. The van der Waals surface area contributed by atoms with E-state index in [1.54, 1.807) is 0 Å². The summed E-state index contributed by atoms with van der Waals surface area (Å²) in [6.07, 6.45) is 24.6. The van der Waals surface area contributed by atoms with E-state index in [1.807, 2.05) is 0 Å². The summed E-state index contributed by atoms with van der Waals surface area (Å²) < 4.78 is 0. The highest BCUT2D eigenvalue weighted by molar-refractivity contribution is 6.21. The molecule has 57 heavy (non-hydrogen) atoms. The lowest BCUT2D eigenvalue weighted by molar-refractivity contribution is 0.700. The molecule has 0 amide bonds. The molecule has 0 saturated carbocycles. The second-order valence-corrected chi connectivity index (χ2v) is 15.5. The number of allylic oxidation sites excluding steroid dienone is 15. The third-order valence-electron chi connectivity index (χ3n) is 12.1. The minimum absolute atomic E-state index is 0.190. The third kappa shape index (κ3) is 6.95. The SMILES string of the molecule is C=C/C1=C(\C(C)=c2/cccc/c2=C/C)C(C)/C=C\C=C/C/C(C2=CC=C(c3c4ccccc4c(-c4cccc5ccccc45)c4ccccc34)CC2C)=C1/C=C\C. The highest BCUT2D eigenvalue weighted by Crippen LogP contribution is 2.47. The highest BCUT2D eigenvalue weighted by atomic mass is 14.3. The summed E-state index contributed by atoms with van der Waals surface area (Å²) in [5.74, 6) is 0.490. The normalized spacial score (nSPS) is 22.4. The summed E-state index contributed by atoms with van der Waals surface area (Å²) in [4.78, 5) is 0. The van der Waals surface area contributed by atoms with Gasteiger partial charge in [-0.05, 0) is 138 Å². The van der Waals surface area contributed by atoms with Crippen LogP contribution in [0.5, 0.6) is 0 Å². The smallest absolute Gasteiger partial charge is 0.000168 e. The molecule has 0 N–H and O–H groups in total. The molecule has 0 spiro atoms. The number of hydrogen-bond donors (Lipinski definition) is 0. The van der Waals surface area contributed by atoms with E-state index in [4.69, 9.17) is 0 Å². The Hall–Kier alpha value is -6.24. The van der Waals surface area contributed by atoms with E-state index in [-0.39, 0.29) is 5.92 Å². The molecular weight excluding hydrogens is 685 g/mol. The average Bonchev–Trinajstić information content (AvgIpc) is 3.25. The van der Waals surface area contributed by atoms with Crippen molar-refractivity contribution in [3.8, 4) is 11.1 Å². The van der Waals surface area contributed by atoms with Crippen LogP contribution in [-0.2, 0) is 0 Å². The Morgan fingerprint density at radius 2 is 1.30 bits per heavy atom. The number of fused-ring (bicyclic) bond motifs is 3. The fourth-order valence-electron chi connectivity index (χ4n) is 9.54. The molecule has 2 atom stereocenters. The molecule has 6 aromatic rings. The van der Waals surface area contributed by atoms with Crippen molar-refractivity contribution in [2.75, 3.05) is 0 Å². The molecular formula is C57H52. The Labute approximate surface area is 339 Å². The summed E-state index contributed by atoms with van der Waals surface area (Å²) >= 11 is 0. The maximum atomic E-state index is 4.48. The van der Waals surface area contributed by atoms with Crippen LogP contribution in [-0.4, -0.2) is 0 Å². The second-order valence-electron chi connectivity index (χ2n) is 15.5. The molecule has 6 aromatic carbocycles. The predicted octanol–water partition coefficient (Wildman–Crippen LogP) is 14.3. The Bertz CT molecular complexity index is 2850. The maximum absolute atomic E-state index is 4.48. The first-order chi connectivity index (χ1) is 27.9. The van der Waals surface area contributed by atoms with Gasteiger partial charge in [0.05, 0.1) is 0 Å². The van der Waals surface area contributed by atoms with Gasteiger partial charge in [0.2, 0.25) is 0 Å². The van der Waals surface area contributed by atoms with E-state index in [2.05, 4.69) is 217 Å². The number of benzene rings is 6. The molecule has 0 fully saturated rings. The summed E-state index contributed by atoms with van der Waals surface area (Å²) in [5, 5.41) is 10.3. The highest BCUT2D eigenvalue weighted by Gasteiger charge is 2.26. The van der Waals surface area contributed by atoms with Gasteiger partial charge in [-0.2, -0.15) is 0 Å². The summed E-state index contributed by atoms with van der Waals surface area (Å²) in [7, 11) is 0. The molecule has 2 aliphatic rings. The Morgan fingerprint density at radius 1 is 0.667 bits per heavy atom. The van der Waals surface area contributed by atoms with Crippen LogP contribution < -0.4 is 10.4 Å². The summed E-state index contributed by atoms with van der Waals surface area (Å²) in [6.45, 7) is 15.8. The topological polar surface area (TPSA) is 0 Å². The first-order valence-electron chi connectivity index (χ1n) is 20.6. The van der Waals surface area contributed by atoms with Crippen molar-refractivity contribution in [3.63, 3.8) is 0 Å². The van der Waals surface area contributed by atoms with Gasteiger partial charge in [0.1, 0.15) is 0 Å². The lowest BCUT2D eigenvalue weighted by atomic mass is 9.75. The van der Waals surface area contributed by atoms with Crippen LogP contribution in [0.4, 0.5) is 0 Å². The quantitative estimate of drug-likeness (QED) is 0.149. The average molecular weight is 737 g/mol. The van der Waals surface area contributed by atoms with E-state index in [9.17, 15) is 0 Å². The van der Waals surface area contributed by atoms with Crippen molar-refractivity contribution in [2.45, 2.75) is 47.5 Å². The fraction of sp³-hybridized carbons (Fsp3) is 0.158. The zero-order chi connectivity index (χ0) is 39.5. The van der Waals surface area contributed by atoms with Crippen molar-refractivity contribution < 1.29 is 0 Å². The lowest BCUT2D eigenvalue weighted by Gasteiger charge is -2.29. The molecule has 2 unspecified atom stereocenters. The van der Waals surface area contributed by atoms with Crippen LogP contribution in [0.3, 0.4) is 0 Å². The molecule has 0 nitrogen and oxygen atoms in total. The Balaban J connectivity index is 1.37. The van der Waals surface area contributed by atoms with Gasteiger partial charge < -0.3 is 0 Å². The molecule has 280 valence electrons. The van der Waals surface area contributed by atoms with Gasteiger partial charge in [0, 0.05) is 5.92 Å². The minimum atomic E-state index is 0.190. The van der Waals surface area contributed by atoms with Gasteiger partial charge in [0.15, 0.2) is 0 Å². The van der Waals surface area contributed by atoms with Gasteiger partial charge in [-0.3, -0.25) is 0 Å². The first kappa shape index (κ1) is 37.7. The first-order valence-corrected chi connectivity index (χ1v) is 20.6. The monoisotopic (exact) mass is 736 g/mol. The zero-order valence-corrected chi connectivity index (χ0v) is 34.0. The van der Waals surface area contributed by atoms with Crippen LogP contribution in [0.25, 0.3) is 60.7 Å². The molecule has 0 bridgehead atoms. The molecule has 8 rings (SSSR count). The van der Waals surface area contributed by atoms with E-state index in [1.165, 1.54) is 98.5 Å². The standard InChI is InChI=1S/C57H52/c1-7-22-48-44(9-3)55(40(6)46-27-15-13-24-41(46)8-2)38(4)23-11-10-12-29-49(48)45-36-35-43(37-39(45)5)56-51-30-17-19-32-53(51)57(54-33-20-18-31-52(54)56)50-34-21-26-42-25-14-16-28-47(42)50/h7-28,30-36,38-39H,3,29,37H2,1-2,4-6H3/b12-10-,22-7-,23-11-,41-8-,46-40+,49-48+,55-44+. The van der Waals surface area contributed by atoms with Crippen molar-refractivity contribution in [2.24, 2.45) is 11.8 Å². The number of rotatable bonds is 6. The van der Waals surface area contributed by atoms with E-state index in [0.29, 0.717) is 5.92 Å². The van der Waals surface area contributed by atoms with Crippen LogP contribution >= 0.6 is 0 Å². The molecule has 0 saturated heterocycles. The molecule has 2 aliphatic carbocycles. The third-order valence-corrected chi connectivity index (χ3v) is 12.1. The fourth-order valence-corrected chi connectivity index (χ4v) is 9.54. The van der Waals surface area contributed by atoms with Gasteiger partial charge in [0.25, 0.3) is 0 Å². The largest absolute Gasteiger partial charge is 0.0984 e. The molecule has 0 radical (unpaired) electrons. The van der Waals surface area contributed by atoms with E-state index >= 15 is 0 Å². The van der Waals surface area contributed by atoms with Gasteiger partial charge in [-0.1, -0.05) is 196 Å². The van der Waals surface area contributed by atoms with Gasteiger partial charge in [-0.15, -0.1) is 0 Å². The zero-order valence-electron chi connectivity index (χ0n) is 34.0. The van der Waals surface area contributed by atoms with Gasteiger partial charge >= 0.3 is 0 Å². The molecule has 0 heteroatoms. The van der Waals surface area contributed by atoms with Crippen LogP contribution in [0.2, 0.25) is 0 Å². The van der Waals surface area contributed by atoms with Crippen LogP contribution in [0, 0.1) is 11.8 Å². The maximum Gasteiger partial charge on any atom is 0.000168 e.